The summed E-state index contributed by atoms with van der Waals surface area (Å²) in [7, 11) is 0. The van der Waals surface area contributed by atoms with E-state index in [1.54, 1.807) is 0 Å². The molecule has 0 saturated heterocycles. The highest BCUT2D eigenvalue weighted by Crippen LogP contribution is 2.32. The molecule has 2 aliphatic rings. The second-order valence-electron chi connectivity index (χ2n) is 6.77. The number of hydrogen-bond acceptors (Lipinski definition) is 2. The first-order valence-electron chi connectivity index (χ1n) is 8.14. The Bertz CT molecular complexity index is 305. The molecule has 0 aliphatic heterocycles. The minimum absolute atomic E-state index is 0.170. The number of rotatable bonds is 3. The van der Waals surface area contributed by atoms with Crippen LogP contribution >= 0.6 is 0 Å². The molecule has 19 heavy (non-hydrogen) atoms. The summed E-state index contributed by atoms with van der Waals surface area (Å²) >= 11 is 0. The van der Waals surface area contributed by atoms with Crippen LogP contribution in [0.3, 0.4) is 0 Å². The second kappa shape index (κ2) is 6.74. The maximum absolute atomic E-state index is 12.5. The molecule has 3 nitrogen and oxygen atoms in total. The summed E-state index contributed by atoms with van der Waals surface area (Å²) in [4.78, 5) is 12.5. The number of nitrogens with one attached hydrogen (secondary N) is 1. The molecule has 0 aromatic heterocycles. The smallest absolute Gasteiger partial charge is 0.223 e. The van der Waals surface area contributed by atoms with Gasteiger partial charge in [0, 0.05) is 12.0 Å². The molecule has 3 heteroatoms. The van der Waals surface area contributed by atoms with E-state index in [0.29, 0.717) is 24.4 Å². The van der Waals surface area contributed by atoms with Crippen LogP contribution in [0, 0.1) is 23.7 Å². The Morgan fingerprint density at radius 3 is 2.58 bits per heavy atom. The molecule has 2 rings (SSSR count). The molecule has 0 spiro atoms. The van der Waals surface area contributed by atoms with Gasteiger partial charge in [0.1, 0.15) is 0 Å². The number of carbonyl (C=O) groups excluding carboxylic acids is 1. The van der Waals surface area contributed by atoms with Gasteiger partial charge in [-0.2, -0.15) is 0 Å². The number of carbonyl (C=O) groups is 1. The lowest BCUT2D eigenvalue weighted by Gasteiger charge is -2.37. The van der Waals surface area contributed by atoms with Gasteiger partial charge in [-0.25, -0.2) is 0 Å². The zero-order chi connectivity index (χ0) is 13.8. The summed E-state index contributed by atoms with van der Waals surface area (Å²) in [5.41, 5.74) is 5.83. The van der Waals surface area contributed by atoms with E-state index in [2.05, 4.69) is 19.2 Å². The van der Waals surface area contributed by atoms with Crippen molar-refractivity contribution in [2.24, 2.45) is 29.4 Å². The Kier molecular flexibility index (Phi) is 5.26. The van der Waals surface area contributed by atoms with Gasteiger partial charge in [-0.15, -0.1) is 0 Å². The van der Waals surface area contributed by atoms with Crippen LogP contribution in [0.1, 0.15) is 58.8 Å². The van der Waals surface area contributed by atoms with Gasteiger partial charge < -0.3 is 11.1 Å². The van der Waals surface area contributed by atoms with Crippen molar-refractivity contribution >= 4 is 5.91 Å². The summed E-state index contributed by atoms with van der Waals surface area (Å²) < 4.78 is 0. The maximum Gasteiger partial charge on any atom is 0.223 e. The second-order valence-corrected chi connectivity index (χ2v) is 6.77. The van der Waals surface area contributed by atoms with Crippen molar-refractivity contribution in [1.29, 1.82) is 0 Å². The predicted molar refractivity (Wildman–Crippen MR) is 78.6 cm³/mol. The van der Waals surface area contributed by atoms with E-state index < -0.39 is 0 Å². The molecule has 2 saturated carbocycles. The van der Waals surface area contributed by atoms with Gasteiger partial charge in [-0.05, 0) is 43.6 Å². The molecule has 2 aliphatic carbocycles. The van der Waals surface area contributed by atoms with E-state index in [-0.39, 0.29) is 11.8 Å². The third kappa shape index (κ3) is 3.50. The Morgan fingerprint density at radius 2 is 1.84 bits per heavy atom. The fourth-order valence-corrected chi connectivity index (χ4v) is 3.91. The highest BCUT2D eigenvalue weighted by molar-refractivity contribution is 5.79. The van der Waals surface area contributed by atoms with Gasteiger partial charge in [0.15, 0.2) is 0 Å². The zero-order valence-electron chi connectivity index (χ0n) is 12.5. The third-order valence-electron chi connectivity index (χ3n) is 5.58. The maximum atomic E-state index is 12.5. The molecule has 5 unspecified atom stereocenters. The molecular formula is C16H30N2O. The van der Waals surface area contributed by atoms with Crippen molar-refractivity contribution < 1.29 is 4.79 Å². The zero-order valence-corrected chi connectivity index (χ0v) is 12.5. The molecule has 110 valence electrons. The molecule has 0 bridgehead atoms. The summed E-state index contributed by atoms with van der Waals surface area (Å²) in [6, 6.07) is 0.386. The standard InChI is InChI=1S/C16H30N2O/c1-11-6-5-9-15(12(11)2)18-16(19)14-8-4-3-7-13(14)10-17/h11-15H,3-10,17H2,1-2H3,(H,18,19). The van der Waals surface area contributed by atoms with E-state index in [1.807, 2.05) is 0 Å². The molecule has 0 aromatic rings. The van der Waals surface area contributed by atoms with Crippen molar-refractivity contribution in [3.63, 3.8) is 0 Å². The highest BCUT2D eigenvalue weighted by atomic mass is 16.2. The van der Waals surface area contributed by atoms with Crippen molar-refractivity contribution in [3.8, 4) is 0 Å². The third-order valence-corrected chi connectivity index (χ3v) is 5.58. The Labute approximate surface area is 117 Å². The first-order valence-corrected chi connectivity index (χ1v) is 8.14. The lowest BCUT2D eigenvalue weighted by atomic mass is 9.76. The van der Waals surface area contributed by atoms with Gasteiger partial charge >= 0.3 is 0 Å². The molecule has 2 fully saturated rings. The van der Waals surface area contributed by atoms with Gasteiger partial charge in [-0.1, -0.05) is 39.5 Å². The summed E-state index contributed by atoms with van der Waals surface area (Å²) in [6.07, 6.45) is 8.30. The SMILES string of the molecule is CC1CCCC(NC(=O)C2CCCCC2CN)C1C. The summed E-state index contributed by atoms with van der Waals surface area (Å²) in [6.45, 7) is 5.26. The van der Waals surface area contributed by atoms with Gasteiger partial charge in [0.2, 0.25) is 5.91 Å². The van der Waals surface area contributed by atoms with Crippen molar-refractivity contribution in [3.05, 3.63) is 0 Å². The summed E-state index contributed by atoms with van der Waals surface area (Å²) in [5, 5.41) is 3.34. The van der Waals surface area contributed by atoms with Crippen LogP contribution in [-0.2, 0) is 4.79 Å². The van der Waals surface area contributed by atoms with Crippen LogP contribution < -0.4 is 11.1 Å². The lowest BCUT2D eigenvalue weighted by molar-refractivity contribution is -0.129. The van der Waals surface area contributed by atoms with Gasteiger partial charge in [-0.3, -0.25) is 4.79 Å². The van der Waals surface area contributed by atoms with Crippen molar-refractivity contribution in [2.75, 3.05) is 6.54 Å². The van der Waals surface area contributed by atoms with Crippen LogP contribution in [0.5, 0.6) is 0 Å². The Balaban J connectivity index is 1.92. The molecule has 5 atom stereocenters. The average molecular weight is 266 g/mol. The minimum Gasteiger partial charge on any atom is -0.353 e. The first kappa shape index (κ1) is 14.8. The predicted octanol–water partition coefficient (Wildman–Crippen LogP) is 2.69. The monoisotopic (exact) mass is 266 g/mol. The number of amides is 1. The van der Waals surface area contributed by atoms with Gasteiger partial charge in [0.05, 0.1) is 0 Å². The topological polar surface area (TPSA) is 55.1 Å². The fourth-order valence-electron chi connectivity index (χ4n) is 3.91. The lowest BCUT2D eigenvalue weighted by Crippen LogP contribution is -2.48. The largest absolute Gasteiger partial charge is 0.353 e. The van der Waals surface area contributed by atoms with Crippen LogP contribution in [0.25, 0.3) is 0 Å². The number of nitrogens with two attached hydrogens (primary N) is 1. The average Bonchev–Trinajstić information content (AvgIpc) is 2.43. The van der Waals surface area contributed by atoms with Crippen LogP contribution in [0.15, 0.2) is 0 Å². The fraction of sp³-hybridized carbons (Fsp3) is 0.938. The molecule has 0 radical (unpaired) electrons. The van der Waals surface area contributed by atoms with E-state index in [4.69, 9.17) is 5.73 Å². The van der Waals surface area contributed by atoms with E-state index in [0.717, 1.165) is 25.2 Å². The normalized spacial score (nSPS) is 39.8. The van der Waals surface area contributed by atoms with Crippen LogP contribution in [0.4, 0.5) is 0 Å². The van der Waals surface area contributed by atoms with E-state index in [1.165, 1.54) is 25.7 Å². The Morgan fingerprint density at radius 1 is 1.11 bits per heavy atom. The molecule has 3 N–H and O–H groups in total. The quantitative estimate of drug-likeness (QED) is 0.825. The van der Waals surface area contributed by atoms with Gasteiger partial charge in [0.25, 0.3) is 0 Å². The van der Waals surface area contributed by atoms with E-state index >= 15 is 0 Å². The van der Waals surface area contributed by atoms with Crippen molar-refractivity contribution in [2.45, 2.75) is 64.8 Å². The molecule has 0 heterocycles. The Hall–Kier alpha value is -0.570. The highest BCUT2D eigenvalue weighted by Gasteiger charge is 2.33. The van der Waals surface area contributed by atoms with Crippen LogP contribution in [0.2, 0.25) is 0 Å². The number of hydrogen-bond donors (Lipinski definition) is 2. The molecule has 1 amide bonds. The molecular weight excluding hydrogens is 236 g/mol. The van der Waals surface area contributed by atoms with Crippen molar-refractivity contribution in [1.82, 2.24) is 5.32 Å². The van der Waals surface area contributed by atoms with E-state index in [9.17, 15) is 4.79 Å². The minimum atomic E-state index is 0.170. The first-order chi connectivity index (χ1) is 9.13. The summed E-state index contributed by atoms with van der Waals surface area (Å²) in [5.74, 6) is 2.20. The van der Waals surface area contributed by atoms with Crippen LogP contribution in [-0.4, -0.2) is 18.5 Å². The molecule has 0 aromatic carbocycles.